The summed E-state index contributed by atoms with van der Waals surface area (Å²) < 4.78 is 33.3. The lowest BCUT2D eigenvalue weighted by atomic mass is 9.95. The summed E-state index contributed by atoms with van der Waals surface area (Å²) in [6, 6.07) is 18.1. The predicted molar refractivity (Wildman–Crippen MR) is 163 cm³/mol. The Labute approximate surface area is 254 Å². The number of halogens is 2. The molecule has 0 aliphatic carbocycles. The Morgan fingerprint density at radius 1 is 1.12 bits per heavy atom. The van der Waals surface area contributed by atoms with Gasteiger partial charge in [-0.25, -0.2) is 14.2 Å². The number of carbonyl (C=O) groups is 1. The maximum Gasteiger partial charge on any atom is 0.338 e. The van der Waals surface area contributed by atoms with Crippen molar-refractivity contribution in [3.8, 4) is 11.5 Å². The summed E-state index contributed by atoms with van der Waals surface area (Å²) in [5.74, 6) is 0.216. The lowest BCUT2D eigenvalue weighted by molar-refractivity contribution is -0.143. The second-order valence-electron chi connectivity index (χ2n) is 9.88. The van der Waals surface area contributed by atoms with Crippen molar-refractivity contribution in [3.63, 3.8) is 0 Å². The molecular weight excluding hydrogens is 623 g/mol. The zero-order valence-electron chi connectivity index (χ0n) is 23.4. The molecule has 10 heteroatoms. The van der Waals surface area contributed by atoms with Gasteiger partial charge in [-0.3, -0.25) is 9.36 Å². The fraction of sp³-hybridized carbons (Fsp3) is 0.219. The van der Waals surface area contributed by atoms with E-state index < -0.39 is 12.0 Å². The molecule has 2 heterocycles. The predicted octanol–water partition coefficient (Wildman–Crippen LogP) is 5.68. The van der Waals surface area contributed by atoms with Crippen LogP contribution in [0.15, 0.2) is 92.3 Å². The smallest absolute Gasteiger partial charge is 0.338 e. The molecular formula is C32H28BrFN2O5S. The van der Waals surface area contributed by atoms with Gasteiger partial charge in [0, 0.05) is 15.6 Å². The Balaban J connectivity index is 1.63. The Morgan fingerprint density at radius 2 is 1.86 bits per heavy atom. The van der Waals surface area contributed by atoms with E-state index in [1.54, 1.807) is 52.2 Å². The van der Waals surface area contributed by atoms with Crippen LogP contribution in [0, 0.1) is 5.82 Å². The summed E-state index contributed by atoms with van der Waals surface area (Å²) in [4.78, 5) is 32.6. The zero-order valence-corrected chi connectivity index (χ0v) is 25.8. The molecule has 7 nitrogen and oxygen atoms in total. The van der Waals surface area contributed by atoms with Gasteiger partial charge < -0.3 is 14.2 Å². The molecule has 0 saturated carbocycles. The van der Waals surface area contributed by atoms with Crippen LogP contribution in [-0.2, 0) is 16.1 Å². The largest absolute Gasteiger partial charge is 0.496 e. The highest BCUT2D eigenvalue weighted by atomic mass is 79.9. The number of para-hydroxylation sites is 1. The van der Waals surface area contributed by atoms with E-state index in [2.05, 4.69) is 20.9 Å². The second kappa shape index (κ2) is 12.5. The monoisotopic (exact) mass is 650 g/mol. The van der Waals surface area contributed by atoms with Crippen LogP contribution in [0.1, 0.15) is 43.5 Å². The standard InChI is InChI=1S/C32H28BrFN2O5S/c1-18(2)41-31(38)28-19(3)35-32-36(29(28)24-16-22(33)11-14-26(24)39-4)30(37)27(42-32)15-21-7-5-6-8-25(21)40-17-20-9-12-23(34)13-10-20/h5-16,18,29H,17H2,1-4H3/b27-15-/t29-/m1/s1. The van der Waals surface area contributed by atoms with E-state index in [0.29, 0.717) is 37.7 Å². The Bertz CT molecular complexity index is 1860. The number of carbonyl (C=O) groups excluding carboxylic acids is 1. The van der Waals surface area contributed by atoms with Gasteiger partial charge in [-0.15, -0.1) is 0 Å². The van der Waals surface area contributed by atoms with Crippen LogP contribution >= 0.6 is 27.3 Å². The summed E-state index contributed by atoms with van der Waals surface area (Å²) in [5.41, 5.74) is 2.53. The number of esters is 1. The summed E-state index contributed by atoms with van der Waals surface area (Å²) in [7, 11) is 1.54. The summed E-state index contributed by atoms with van der Waals surface area (Å²) >= 11 is 4.74. The molecule has 0 radical (unpaired) electrons. The SMILES string of the molecule is COc1ccc(Br)cc1[C@@H]1C(C(=O)OC(C)C)=C(C)N=c2s/c(=C\c3ccccc3OCc3ccc(F)cc3)c(=O)n21. The average Bonchev–Trinajstić information content (AvgIpc) is 3.26. The third-order valence-electron chi connectivity index (χ3n) is 6.58. The van der Waals surface area contributed by atoms with Crippen molar-refractivity contribution in [2.45, 2.75) is 39.5 Å². The highest BCUT2D eigenvalue weighted by Crippen LogP contribution is 2.37. The number of thiazole rings is 1. The molecule has 0 spiro atoms. The fourth-order valence-corrected chi connectivity index (χ4v) is 6.10. The lowest BCUT2D eigenvalue weighted by Crippen LogP contribution is -2.40. The number of benzene rings is 3. The number of rotatable bonds is 8. The highest BCUT2D eigenvalue weighted by Gasteiger charge is 2.35. The summed E-state index contributed by atoms with van der Waals surface area (Å²) in [6.07, 6.45) is 1.39. The number of allylic oxidation sites excluding steroid dienone is 1. The van der Waals surface area contributed by atoms with Crippen molar-refractivity contribution in [1.82, 2.24) is 4.57 Å². The zero-order chi connectivity index (χ0) is 30.0. The normalized spacial score (nSPS) is 14.9. The third-order valence-corrected chi connectivity index (χ3v) is 8.06. The average molecular weight is 652 g/mol. The van der Waals surface area contributed by atoms with Gasteiger partial charge in [0.15, 0.2) is 4.80 Å². The van der Waals surface area contributed by atoms with Gasteiger partial charge in [0.2, 0.25) is 0 Å². The van der Waals surface area contributed by atoms with Gasteiger partial charge in [0.1, 0.15) is 30.0 Å². The Kier molecular flexibility index (Phi) is 8.74. The van der Waals surface area contributed by atoms with Crippen molar-refractivity contribution in [2.24, 2.45) is 4.99 Å². The van der Waals surface area contributed by atoms with E-state index >= 15 is 0 Å². The van der Waals surface area contributed by atoms with Crippen LogP contribution in [0.25, 0.3) is 6.08 Å². The van der Waals surface area contributed by atoms with Crippen molar-refractivity contribution in [2.75, 3.05) is 7.11 Å². The number of hydrogen-bond donors (Lipinski definition) is 0. The Morgan fingerprint density at radius 3 is 2.57 bits per heavy atom. The number of fused-ring (bicyclic) bond motifs is 1. The van der Waals surface area contributed by atoms with E-state index in [-0.39, 0.29) is 29.7 Å². The van der Waals surface area contributed by atoms with Crippen molar-refractivity contribution in [3.05, 3.63) is 125 Å². The molecule has 5 rings (SSSR count). The third kappa shape index (κ3) is 6.10. The first-order valence-electron chi connectivity index (χ1n) is 13.2. The molecule has 0 fully saturated rings. The minimum atomic E-state index is -0.827. The van der Waals surface area contributed by atoms with E-state index in [1.807, 2.05) is 36.4 Å². The molecule has 1 atom stereocenters. The van der Waals surface area contributed by atoms with Crippen LogP contribution in [0.4, 0.5) is 4.39 Å². The maximum absolute atomic E-state index is 14.1. The topological polar surface area (TPSA) is 79.1 Å². The van der Waals surface area contributed by atoms with Crippen LogP contribution in [0.3, 0.4) is 0 Å². The van der Waals surface area contributed by atoms with Gasteiger partial charge in [0.05, 0.1) is 29.0 Å². The van der Waals surface area contributed by atoms with E-state index in [0.717, 1.165) is 10.0 Å². The van der Waals surface area contributed by atoms with Gasteiger partial charge in [-0.2, -0.15) is 0 Å². The minimum Gasteiger partial charge on any atom is -0.496 e. The van der Waals surface area contributed by atoms with Gasteiger partial charge in [-0.1, -0.05) is 57.6 Å². The molecule has 0 bridgehead atoms. The highest BCUT2D eigenvalue weighted by molar-refractivity contribution is 9.10. The molecule has 1 aliphatic rings. The van der Waals surface area contributed by atoms with Gasteiger partial charge >= 0.3 is 5.97 Å². The van der Waals surface area contributed by atoms with E-state index in [4.69, 9.17) is 14.2 Å². The van der Waals surface area contributed by atoms with E-state index in [1.165, 1.54) is 28.0 Å². The molecule has 3 aromatic carbocycles. The first-order chi connectivity index (χ1) is 20.2. The molecule has 1 aliphatic heterocycles. The summed E-state index contributed by atoms with van der Waals surface area (Å²) in [6.45, 7) is 5.51. The number of nitrogens with zero attached hydrogens (tertiary/aromatic N) is 2. The van der Waals surface area contributed by atoms with Crippen LogP contribution in [0.5, 0.6) is 11.5 Å². The van der Waals surface area contributed by atoms with Crippen molar-refractivity contribution in [1.29, 1.82) is 0 Å². The molecule has 216 valence electrons. The maximum atomic E-state index is 14.1. The molecule has 1 aromatic heterocycles. The number of methoxy groups -OCH3 is 1. The van der Waals surface area contributed by atoms with Crippen molar-refractivity contribution >= 4 is 39.3 Å². The van der Waals surface area contributed by atoms with Crippen LogP contribution in [0.2, 0.25) is 0 Å². The van der Waals surface area contributed by atoms with Gasteiger partial charge in [0.25, 0.3) is 5.56 Å². The molecule has 42 heavy (non-hydrogen) atoms. The quantitative estimate of drug-likeness (QED) is 0.230. The summed E-state index contributed by atoms with van der Waals surface area (Å²) in [5, 5.41) is 0. The number of aromatic nitrogens is 1. The first kappa shape index (κ1) is 29.5. The van der Waals surface area contributed by atoms with Crippen LogP contribution in [-0.4, -0.2) is 23.8 Å². The Hall–Kier alpha value is -4.02. The molecule has 0 saturated heterocycles. The lowest BCUT2D eigenvalue weighted by Gasteiger charge is -2.26. The minimum absolute atomic E-state index is 0.232. The second-order valence-corrected chi connectivity index (χ2v) is 11.8. The van der Waals surface area contributed by atoms with Crippen molar-refractivity contribution < 1.29 is 23.4 Å². The fourth-order valence-electron chi connectivity index (χ4n) is 4.69. The molecule has 0 N–H and O–H groups in total. The molecule has 4 aromatic rings. The van der Waals surface area contributed by atoms with Gasteiger partial charge in [-0.05, 0) is 68.8 Å². The first-order valence-corrected chi connectivity index (χ1v) is 14.8. The number of hydrogen-bond acceptors (Lipinski definition) is 7. The molecule has 0 unspecified atom stereocenters. The van der Waals surface area contributed by atoms with Crippen LogP contribution < -0.4 is 24.4 Å². The van der Waals surface area contributed by atoms with E-state index in [9.17, 15) is 14.0 Å². The number of ether oxygens (including phenoxy) is 3. The molecule has 0 amide bonds.